The van der Waals surface area contributed by atoms with Gasteiger partial charge in [-0.05, 0) is 0 Å². The molecule has 0 atom stereocenters. The molecule has 0 bridgehead atoms. The van der Waals surface area contributed by atoms with Crippen molar-refractivity contribution in [1.29, 1.82) is 0 Å². The van der Waals surface area contributed by atoms with E-state index in [1.54, 1.807) is 0 Å². The van der Waals surface area contributed by atoms with E-state index in [0.29, 0.717) is 0 Å². The summed E-state index contributed by atoms with van der Waals surface area (Å²) in [7, 11) is 0. The molecular formula is C19H15As+. The van der Waals surface area contributed by atoms with Crippen molar-refractivity contribution in [2.24, 2.45) is 0 Å². The molecule has 20 heavy (non-hydrogen) atoms. The van der Waals surface area contributed by atoms with E-state index in [1.165, 1.54) is 16.7 Å². The minimum atomic E-state index is -0.184. The van der Waals surface area contributed by atoms with Crippen LogP contribution in [-0.4, -0.2) is 16.9 Å². The third-order valence-electron chi connectivity index (χ3n) is 3.57. The Kier molecular flexibility index (Phi) is 3.76. The van der Waals surface area contributed by atoms with Crippen molar-refractivity contribution >= 4 is 16.9 Å². The molecule has 3 aromatic carbocycles. The topological polar surface area (TPSA) is 0 Å². The van der Waals surface area contributed by atoms with Gasteiger partial charge in [0, 0.05) is 0 Å². The fraction of sp³-hybridized carbons (Fsp3) is 0.0526. The predicted octanol–water partition coefficient (Wildman–Crippen LogP) is 4.15. The Morgan fingerprint density at radius 3 is 0.950 bits per heavy atom. The van der Waals surface area contributed by atoms with Crippen LogP contribution >= 0.6 is 0 Å². The third kappa shape index (κ3) is 2.32. The van der Waals surface area contributed by atoms with E-state index in [0.717, 1.165) is 0 Å². The summed E-state index contributed by atoms with van der Waals surface area (Å²) >= 11 is 2.87. The van der Waals surface area contributed by atoms with Gasteiger partial charge in [0.25, 0.3) is 0 Å². The van der Waals surface area contributed by atoms with Gasteiger partial charge in [-0.15, -0.1) is 0 Å². The van der Waals surface area contributed by atoms with Gasteiger partial charge >= 0.3 is 129 Å². The van der Waals surface area contributed by atoms with Crippen LogP contribution in [0.1, 0.15) is 16.7 Å². The molecule has 0 unspecified atom stereocenters. The van der Waals surface area contributed by atoms with E-state index >= 15 is 0 Å². The van der Waals surface area contributed by atoms with Crippen molar-refractivity contribution in [2.45, 2.75) is 4.20 Å². The Balaban J connectivity index is 2.24. The molecule has 0 saturated carbocycles. The second kappa shape index (κ2) is 5.69. The molecule has 1 heteroatoms. The monoisotopic (exact) mass is 318 g/mol. The van der Waals surface area contributed by atoms with Gasteiger partial charge in [-0.2, -0.15) is 0 Å². The zero-order valence-electron chi connectivity index (χ0n) is 11.1. The maximum atomic E-state index is 2.87. The Bertz CT molecular complexity index is 563. The summed E-state index contributed by atoms with van der Waals surface area (Å²) in [6.07, 6.45) is 0. The summed E-state index contributed by atoms with van der Waals surface area (Å²) < 4.78 is -0.184. The third-order valence-corrected chi connectivity index (χ3v) is 5.20. The van der Waals surface area contributed by atoms with Crippen LogP contribution in [-0.2, 0) is 4.20 Å². The molecule has 0 spiro atoms. The summed E-state index contributed by atoms with van der Waals surface area (Å²) in [4.78, 5) is 0. The van der Waals surface area contributed by atoms with Crippen LogP contribution in [0, 0.1) is 0 Å². The standard InChI is InChI=1S/C19H15As/c20-19(16-10-4-1-5-11-16,17-12-6-2-7-13-17)18-14-8-3-9-15-18/h1-15H/q+1. The van der Waals surface area contributed by atoms with Gasteiger partial charge in [0.2, 0.25) is 0 Å². The van der Waals surface area contributed by atoms with Gasteiger partial charge in [-0.1, -0.05) is 0 Å². The Morgan fingerprint density at radius 2 is 0.700 bits per heavy atom. The molecule has 3 radical (unpaired) electrons. The Morgan fingerprint density at radius 1 is 0.450 bits per heavy atom. The average molecular weight is 318 g/mol. The van der Waals surface area contributed by atoms with Gasteiger partial charge in [0.1, 0.15) is 0 Å². The van der Waals surface area contributed by atoms with Crippen molar-refractivity contribution in [3.63, 3.8) is 0 Å². The van der Waals surface area contributed by atoms with E-state index in [4.69, 9.17) is 0 Å². The van der Waals surface area contributed by atoms with E-state index in [9.17, 15) is 0 Å². The zero-order chi connectivity index (χ0) is 13.8. The first-order valence-electron chi connectivity index (χ1n) is 6.71. The average Bonchev–Trinajstić information content (AvgIpc) is 2.56. The van der Waals surface area contributed by atoms with E-state index in [-0.39, 0.29) is 4.20 Å². The molecule has 0 nitrogen and oxygen atoms in total. The molecule has 0 aliphatic heterocycles. The van der Waals surface area contributed by atoms with Gasteiger partial charge in [0.15, 0.2) is 0 Å². The molecule has 0 amide bonds. The first-order valence-corrected chi connectivity index (χ1v) is 7.64. The van der Waals surface area contributed by atoms with Crippen molar-refractivity contribution in [3.8, 4) is 0 Å². The van der Waals surface area contributed by atoms with Crippen LogP contribution in [0.2, 0.25) is 0 Å². The fourth-order valence-corrected chi connectivity index (χ4v) is 3.48. The van der Waals surface area contributed by atoms with Crippen LogP contribution < -0.4 is 0 Å². The Labute approximate surface area is 129 Å². The molecule has 0 saturated heterocycles. The second-order valence-corrected chi connectivity index (χ2v) is 6.22. The molecule has 0 aliphatic carbocycles. The van der Waals surface area contributed by atoms with Crippen LogP contribution in [0.4, 0.5) is 0 Å². The summed E-state index contributed by atoms with van der Waals surface area (Å²) in [6, 6.07) is 31.9. The molecule has 0 aromatic heterocycles. The minimum absolute atomic E-state index is 0.184. The normalized spacial score (nSPS) is 11.2. The van der Waals surface area contributed by atoms with E-state index < -0.39 is 0 Å². The molecule has 0 fully saturated rings. The molecule has 95 valence electrons. The van der Waals surface area contributed by atoms with Crippen LogP contribution in [0.5, 0.6) is 0 Å². The molecule has 3 rings (SSSR count). The van der Waals surface area contributed by atoms with Crippen molar-refractivity contribution in [2.75, 3.05) is 0 Å². The quantitative estimate of drug-likeness (QED) is 0.503. The molecule has 0 N–H and O–H groups in total. The first kappa shape index (κ1) is 13.2. The molecule has 3 aromatic rings. The van der Waals surface area contributed by atoms with Gasteiger partial charge in [0.05, 0.1) is 0 Å². The maximum absolute atomic E-state index is 2.87. The fourth-order valence-electron chi connectivity index (χ4n) is 2.54. The van der Waals surface area contributed by atoms with Crippen LogP contribution in [0.3, 0.4) is 0 Å². The van der Waals surface area contributed by atoms with Crippen molar-refractivity contribution < 1.29 is 0 Å². The van der Waals surface area contributed by atoms with Gasteiger partial charge in [-0.3, -0.25) is 0 Å². The predicted molar refractivity (Wildman–Crippen MR) is 85.0 cm³/mol. The molecule has 0 aliphatic rings. The first-order chi connectivity index (χ1) is 9.82. The number of benzene rings is 3. The summed E-state index contributed by atoms with van der Waals surface area (Å²) in [5.74, 6) is 0. The van der Waals surface area contributed by atoms with Gasteiger partial charge in [-0.25, -0.2) is 0 Å². The van der Waals surface area contributed by atoms with Crippen molar-refractivity contribution in [1.82, 2.24) is 0 Å². The summed E-state index contributed by atoms with van der Waals surface area (Å²) in [5.41, 5.74) is 3.87. The zero-order valence-corrected chi connectivity index (χ0v) is 13.0. The number of hydrogen-bond donors (Lipinski definition) is 0. The summed E-state index contributed by atoms with van der Waals surface area (Å²) in [6.45, 7) is 0. The van der Waals surface area contributed by atoms with E-state index in [1.807, 2.05) is 0 Å². The van der Waals surface area contributed by atoms with Crippen LogP contribution in [0.15, 0.2) is 91.0 Å². The van der Waals surface area contributed by atoms with Gasteiger partial charge < -0.3 is 0 Å². The molecule has 0 heterocycles. The van der Waals surface area contributed by atoms with Crippen molar-refractivity contribution in [3.05, 3.63) is 108 Å². The second-order valence-electron chi connectivity index (χ2n) is 4.81. The summed E-state index contributed by atoms with van der Waals surface area (Å²) in [5, 5.41) is 0. The van der Waals surface area contributed by atoms with E-state index in [2.05, 4.69) is 108 Å². The Hall–Kier alpha value is -1.78. The number of rotatable bonds is 3. The van der Waals surface area contributed by atoms with Crippen LogP contribution in [0.25, 0.3) is 0 Å². The number of hydrogen-bond acceptors (Lipinski definition) is 0. The molecular weight excluding hydrogens is 303 g/mol. The SMILES string of the molecule is [As+]C(c1ccccc1)(c1ccccc1)c1ccccc1.